The van der Waals surface area contributed by atoms with E-state index in [1.54, 1.807) is 6.92 Å². The minimum atomic E-state index is -0.470. The highest BCUT2D eigenvalue weighted by atomic mass is 19.1. The average Bonchev–Trinajstić information content (AvgIpc) is 2.05. The zero-order valence-electron chi connectivity index (χ0n) is 7.04. The van der Waals surface area contributed by atoms with Crippen molar-refractivity contribution in [3.05, 3.63) is 23.8 Å². The van der Waals surface area contributed by atoms with Crippen molar-refractivity contribution in [2.75, 3.05) is 7.11 Å². The summed E-state index contributed by atoms with van der Waals surface area (Å²) in [5.41, 5.74) is 6.17. The Labute approximate surface area is 70.4 Å². The van der Waals surface area contributed by atoms with Crippen molar-refractivity contribution in [2.24, 2.45) is 5.73 Å². The standard InChI is InChI=1S/C8H11FN2O/c1-5(10)7-3-8(12-2)6(9)4-11-7/h3-5H,10H2,1-2H3. The fraction of sp³-hybridized carbons (Fsp3) is 0.375. The molecule has 1 aromatic rings. The van der Waals surface area contributed by atoms with Crippen molar-refractivity contribution < 1.29 is 9.13 Å². The summed E-state index contributed by atoms with van der Waals surface area (Å²) >= 11 is 0. The van der Waals surface area contributed by atoms with E-state index in [0.717, 1.165) is 6.20 Å². The molecule has 12 heavy (non-hydrogen) atoms. The Balaban J connectivity index is 3.05. The number of aromatic nitrogens is 1. The SMILES string of the molecule is COc1cc(C(C)N)ncc1F. The number of hydrogen-bond donors (Lipinski definition) is 1. The van der Waals surface area contributed by atoms with E-state index in [9.17, 15) is 4.39 Å². The van der Waals surface area contributed by atoms with E-state index in [2.05, 4.69) is 4.98 Å². The molecule has 0 saturated heterocycles. The van der Waals surface area contributed by atoms with Crippen LogP contribution >= 0.6 is 0 Å². The predicted molar refractivity (Wildman–Crippen MR) is 43.3 cm³/mol. The quantitative estimate of drug-likeness (QED) is 0.726. The van der Waals surface area contributed by atoms with Crippen LogP contribution in [0.3, 0.4) is 0 Å². The highest BCUT2D eigenvalue weighted by Gasteiger charge is 2.06. The van der Waals surface area contributed by atoms with Crippen LogP contribution in [0.1, 0.15) is 18.7 Å². The first-order chi connectivity index (χ1) is 5.65. The molecule has 0 spiro atoms. The molecule has 1 aromatic heterocycles. The largest absolute Gasteiger partial charge is 0.494 e. The van der Waals surface area contributed by atoms with E-state index >= 15 is 0 Å². The Hall–Kier alpha value is -1.16. The summed E-state index contributed by atoms with van der Waals surface area (Å²) in [6.45, 7) is 1.78. The molecule has 0 fully saturated rings. The lowest BCUT2D eigenvalue weighted by Gasteiger charge is -2.06. The van der Waals surface area contributed by atoms with E-state index in [0.29, 0.717) is 5.69 Å². The van der Waals surface area contributed by atoms with Crippen LogP contribution in [0.4, 0.5) is 4.39 Å². The summed E-state index contributed by atoms with van der Waals surface area (Å²) in [5.74, 6) is -0.292. The van der Waals surface area contributed by atoms with Gasteiger partial charge in [-0.15, -0.1) is 0 Å². The molecule has 0 aliphatic heterocycles. The molecule has 0 aliphatic rings. The lowest BCUT2D eigenvalue weighted by Crippen LogP contribution is -2.07. The molecule has 3 nitrogen and oxygen atoms in total. The summed E-state index contributed by atoms with van der Waals surface area (Å²) in [4.78, 5) is 3.81. The topological polar surface area (TPSA) is 48.1 Å². The van der Waals surface area contributed by atoms with Gasteiger partial charge in [0.05, 0.1) is 19.0 Å². The minimum absolute atomic E-state index is 0.178. The van der Waals surface area contributed by atoms with Gasteiger partial charge in [0.2, 0.25) is 0 Å². The molecular formula is C8H11FN2O. The van der Waals surface area contributed by atoms with Gasteiger partial charge in [-0.25, -0.2) is 4.39 Å². The van der Waals surface area contributed by atoms with Crippen LogP contribution in [0, 0.1) is 5.82 Å². The number of hydrogen-bond acceptors (Lipinski definition) is 3. The Morgan fingerprint density at radius 2 is 2.33 bits per heavy atom. The van der Waals surface area contributed by atoms with Gasteiger partial charge in [0.1, 0.15) is 0 Å². The highest BCUT2D eigenvalue weighted by Crippen LogP contribution is 2.18. The fourth-order valence-electron chi connectivity index (χ4n) is 0.841. The molecule has 1 rings (SSSR count). The lowest BCUT2D eigenvalue weighted by atomic mass is 10.2. The molecule has 1 heterocycles. The van der Waals surface area contributed by atoms with Crippen molar-refractivity contribution in [1.82, 2.24) is 4.98 Å². The highest BCUT2D eigenvalue weighted by molar-refractivity contribution is 5.25. The number of rotatable bonds is 2. The van der Waals surface area contributed by atoms with Crippen molar-refractivity contribution in [3.8, 4) is 5.75 Å². The molecule has 0 amide bonds. The third kappa shape index (κ3) is 1.71. The number of nitrogens with zero attached hydrogens (tertiary/aromatic N) is 1. The molecule has 66 valence electrons. The molecule has 0 saturated carbocycles. The van der Waals surface area contributed by atoms with Gasteiger partial charge in [0.25, 0.3) is 0 Å². The fourth-order valence-corrected chi connectivity index (χ4v) is 0.841. The molecule has 1 unspecified atom stereocenters. The Kier molecular flexibility index (Phi) is 2.60. The first kappa shape index (κ1) is 8.93. The van der Waals surface area contributed by atoms with Crippen LogP contribution in [0.15, 0.2) is 12.3 Å². The molecule has 2 N–H and O–H groups in total. The van der Waals surface area contributed by atoms with Gasteiger partial charge in [0.15, 0.2) is 11.6 Å². The molecule has 0 aromatic carbocycles. The maximum atomic E-state index is 12.8. The molecule has 0 bridgehead atoms. The first-order valence-corrected chi connectivity index (χ1v) is 3.60. The number of ether oxygens (including phenoxy) is 1. The maximum Gasteiger partial charge on any atom is 0.183 e. The van der Waals surface area contributed by atoms with Crippen molar-refractivity contribution >= 4 is 0 Å². The van der Waals surface area contributed by atoms with Gasteiger partial charge in [-0.3, -0.25) is 4.98 Å². The van der Waals surface area contributed by atoms with E-state index in [-0.39, 0.29) is 11.8 Å². The second-order valence-electron chi connectivity index (χ2n) is 2.53. The van der Waals surface area contributed by atoms with Crippen LogP contribution in [-0.2, 0) is 0 Å². The smallest absolute Gasteiger partial charge is 0.183 e. The maximum absolute atomic E-state index is 12.8. The number of nitrogens with two attached hydrogens (primary N) is 1. The lowest BCUT2D eigenvalue weighted by molar-refractivity contribution is 0.383. The average molecular weight is 170 g/mol. The summed E-state index contributed by atoms with van der Waals surface area (Å²) in [5, 5.41) is 0. The van der Waals surface area contributed by atoms with E-state index < -0.39 is 5.82 Å². The van der Waals surface area contributed by atoms with E-state index in [1.165, 1.54) is 13.2 Å². The van der Waals surface area contributed by atoms with Crippen molar-refractivity contribution in [3.63, 3.8) is 0 Å². The zero-order chi connectivity index (χ0) is 9.14. The van der Waals surface area contributed by atoms with Gasteiger partial charge in [-0.2, -0.15) is 0 Å². The minimum Gasteiger partial charge on any atom is -0.494 e. The van der Waals surface area contributed by atoms with Crippen LogP contribution in [0.2, 0.25) is 0 Å². The van der Waals surface area contributed by atoms with Gasteiger partial charge in [-0.05, 0) is 6.92 Å². The van der Waals surface area contributed by atoms with Crippen LogP contribution < -0.4 is 10.5 Å². The second kappa shape index (κ2) is 3.49. The summed E-state index contributed by atoms with van der Waals surface area (Å²) < 4.78 is 17.6. The first-order valence-electron chi connectivity index (χ1n) is 3.60. The predicted octanol–water partition coefficient (Wildman–Crippen LogP) is 1.25. The second-order valence-corrected chi connectivity index (χ2v) is 2.53. The molecular weight excluding hydrogens is 159 g/mol. The van der Waals surface area contributed by atoms with Gasteiger partial charge in [0, 0.05) is 12.1 Å². The normalized spacial score (nSPS) is 12.7. The van der Waals surface area contributed by atoms with E-state index in [1.807, 2.05) is 0 Å². The van der Waals surface area contributed by atoms with Gasteiger partial charge < -0.3 is 10.5 Å². The van der Waals surface area contributed by atoms with Crippen molar-refractivity contribution in [2.45, 2.75) is 13.0 Å². The van der Waals surface area contributed by atoms with Crippen LogP contribution in [0.25, 0.3) is 0 Å². The molecule has 0 aliphatic carbocycles. The Morgan fingerprint density at radius 3 is 2.83 bits per heavy atom. The van der Waals surface area contributed by atoms with Crippen LogP contribution in [0.5, 0.6) is 5.75 Å². The number of pyridine rings is 1. The molecule has 0 radical (unpaired) electrons. The Bertz CT molecular complexity index is 276. The van der Waals surface area contributed by atoms with Crippen molar-refractivity contribution in [1.29, 1.82) is 0 Å². The number of halogens is 1. The third-order valence-electron chi connectivity index (χ3n) is 1.53. The van der Waals surface area contributed by atoms with Gasteiger partial charge >= 0.3 is 0 Å². The third-order valence-corrected chi connectivity index (χ3v) is 1.53. The van der Waals surface area contributed by atoms with Gasteiger partial charge in [-0.1, -0.05) is 0 Å². The number of methoxy groups -OCH3 is 1. The monoisotopic (exact) mass is 170 g/mol. The zero-order valence-corrected chi connectivity index (χ0v) is 7.04. The summed E-state index contributed by atoms with van der Waals surface area (Å²) in [6, 6.07) is 1.29. The Morgan fingerprint density at radius 1 is 1.67 bits per heavy atom. The summed E-state index contributed by atoms with van der Waals surface area (Å²) in [6.07, 6.45) is 1.11. The summed E-state index contributed by atoms with van der Waals surface area (Å²) in [7, 11) is 1.41. The molecule has 4 heteroatoms. The molecule has 1 atom stereocenters. The van der Waals surface area contributed by atoms with Crippen LogP contribution in [-0.4, -0.2) is 12.1 Å². The van der Waals surface area contributed by atoms with E-state index in [4.69, 9.17) is 10.5 Å².